The van der Waals surface area contributed by atoms with Crippen molar-refractivity contribution in [1.29, 1.82) is 0 Å². The average molecular weight is 259 g/mol. The highest BCUT2D eigenvalue weighted by Gasteiger charge is 2.28. The van der Waals surface area contributed by atoms with E-state index in [1.165, 1.54) is 11.9 Å². The van der Waals surface area contributed by atoms with Crippen LogP contribution in [-0.4, -0.2) is 22.8 Å². The molecular weight excluding hydrogens is 238 g/mol. The molecule has 0 spiro atoms. The van der Waals surface area contributed by atoms with E-state index >= 15 is 0 Å². The number of nitrogens with zero attached hydrogens (tertiary/aromatic N) is 2. The van der Waals surface area contributed by atoms with Crippen LogP contribution in [0.2, 0.25) is 0 Å². The fourth-order valence-electron chi connectivity index (χ4n) is 3.19. The zero-order valence-electron chi connectivity index (χ0n) is 11.6. The third kappa shape index (κ3) is 2.10. The van der Waals surface area contributed by atoms with E-state index in [9.17, 15) is 0 Å². The number of benzene rings is 1. The second-order valence-corrected chi connectivity index (χ2v) is 5.32. The highest BCUT2D eigenvalue weighted by Crippen LogP contribution is 2.35. The number of anilines is 1. The predicted molar refractivity (Wildman–Crippen MR) is 77.2 cm³/mol. The van der Waals surface area contributed by atoms with Gasteiger partial charge in [0, 0.05) is 25.3 Å². The van der Waals surface area contributed by atoms with Gasteiger partial charge in [-0.25, -0.2) is 4.98 Å². The lowest BCUT2D eigenvalue weighted by Crippen LogP contribution is -2.11. The maximum absolute atomic E-state index is 5.85. The molecule has 2 atom stereocenters. The van der Waals surface area contributed by atoms with Crippen LogP contribution in [0.4, 0.5) is 5.69 Å². The first kappa shape index (κ1) is 12.5. The van der Waals surface area contributed by atoms with E-state index in [-0.39, 0.29) is 0 Å². The lowest BCUT2D eigenvalue weighted by Gasteiger charge is -2.16. The van der Waals surface area contributed by atoms with Crippen molar-refractivity contribution in [2.75, 3.05) is 12.8 Å². The molecule has 102 valence electrons. The minimum Gasteiger partial charge on any atom is -0.399 e. The fraction of sp³-hybridized carbons (Fsp3) is 0.533. The van der Waals surface area contributed by atoms with E-state index in [0.717, 1.165) is 36.3 Å². The normalized spacial score (nSPS) is 23.3. The first-order valence-corrected chi connectivity index (χ1v) is 7.02. The largest absolute Gasteiger partial charge is 0.399 e. The van der Waals surface area contributed by atoms with Gasteiger partial charge in [0.05, 0.1) is 17.1 Å². The van der Waals surface area contributed by atoms with Crippen molar-refractivity contribution in [3.8, 4) is 0 Å². The molecule has 0 bridgehead atoms. The Morgan fingerprint density at radius 3 is 2.95 bits per heavy atom. The van der Waals surface area contributed by atoms with Gasteiger partial charge in [-0.2, -0.15) is 0 Å². The number of aryl methyl sites for hydroxylation is 1. The van der Waals surface area contributed by atoms with E-state index in [4.69, 9.17) is 15.5 Å². The smallest absolute Gasteiger partial charge is 0.109 e. The molecule has 4 nitrogen and oxygen atoms in total. The van der Waals surface area contributed by atoms with Crippen molar-refractivity contribution < 1.29 is 4.74 Å². The molecule has 0 amide bonds. The van der Waals surface area contributed by atoms with Crippen LogP contribution >= 0.6 is 0 Å². The van der Waals surface area contributed by atoms with Crippen LogP contribution in [-0.2, 0) is 11.2 Å². The van der Waals surface area contributed by atoms with Crippen molar-refractivity contribution >= 4 is 16.7 Å². The predicted octanol–water partition coefficient (Wildman–Crippen LogP) is 2.92. The molecule has 1 saturated carbocycles. The summed E-state index contributed by atoms with van der Waals surface area (Å²) in [5, 5.41) is 0. The Balaban J connectivity index is 2.06. The molecule has 0 saturated heterocycles. The minimum absolute atomic E-state index is 0.390. The molecular formula is C15H21N3O. The summed E-state index contributed by atoms with van der Waals surface area (Å²) in [4.78, 5) is 4.73. The van der Waals surface area contributed by atoms with Crippen LogP contribution in [0.3, 0.4) is 0 Å². The standard InChI is InChI=1S/C15H21N3O/c1-3-15-17-13-8-10(16)4-7-14(13)18(15)11-5-6-12(9-11)19-2/h4,7-8,11-12H,3,5-6,9,16H2,1-2H3. The van der Waals surface area contributed by atoms with Crippen molar-refractivity contribution in [1.82, 2.24) is 9.55 Å². The summed E-state index contributed by atoms with van der Waals surface area (Å²) in [7, 11) is 1.81. The van der Waals surface area contributed by atoms with Crippen molar-refractivity contribution in [2.24, 2.45) is 0 Å². The summed E-state index contributed by atoms with van der Waals surface area (Å²) >= 11 is 0. The van der Waals surface area contributed by atoms with Gasteiger partial charge in [0.1, 0.15) is 5.82 Å². The SMILES string of the molecule is CCc1nc2cc(N)ccc2n1C1CCC(OC)C1. The lowest BCUT2D eigenvalue weighted by atomic mass is 10.2. The van der Waals surface area contributed by atoms with Crippen LogP contribution in [0.5, 0.6) is 0 Å². The Kier molecular flexibility index (Phi) is 3.19. The number of fused-ring (bicyclic) bond motifs is 1. The molecule has 2 unspecified atom stereocenters. The summed E-state index contributed by atoms with van der Waals surface area (Å²) in [6.07, 6.45) is 4.73. The quantitative estimate of drug-likeness (QED) is 0.862. The summed E-state index contributed by atoms with van der Waals surface area (Å²) in [5.41, 5.74) is 8.84. The minimum atomic E-state index is 0.390. The Morgan fingerprint density at radius 2 is 2.26 bits per heavy atom. The van der Waals surface area contributed by atoms with Crippen LogP contribution in [0.1, 0.15) is 38.1 Å². The zero-order valence-corrected chi connectivity index (χ0v) is 11.6. The number of hydrogen-bond acceptors (Lipinski definition) is 3. The molecule has 1 aromatic heterocycles. The van der Waals surface area contributed by atoms with E-state index in [2.05, 4.69) is 17.6 Å². The van der Waals surface area contributed by atoms with Crippen LogP contribution < -0.4 is 5.73 Å². The van der Waals surface area contributed by atoms with Gasteiger partial charge in [-0.15, -0.1) is 0 Å². The van der Waals surface area contributed by atoms with Crippen molar-refractivity contribution in [2.45, 2.75) is 44.8 Å². The van der Waals surface area contributed by atoms with Gasteiger partial charge >= 0.3 is 0 Å². The van der Waals surface area contributed by atoms with E-state index < -0.39 is 0 Å². The number of rotatable bonds is 3. The second kappa shape index (κ2) is 4.85. The molecule has 4 heteroatoms. The molecule has 1 fully saturated rings. The van der Waals surface area contributed by atoms with Gasteiger partial charge in [-0.1, -0.05) is 6.92 Å². The first-order valence-electron chi connectivity index (χ1n) is 7.02. The zero-order chi connectivity index (χ0) is 13.4. The number of imidazole rings is 1. The summed E-state index contributed by atoms with van der Waals surface area (Å²) in [5.74, 6) is 1.15. The topological polar surface area (TPSA) is 53.1 Å². The molecule has 1 heterocycles. The van der Waals surface area contributed by atoms with E-state index in [0.29, 0.717) is 12.1 Å². The third-order valence-corrected chi connectivity index (χ3v) is 4.16. The van der Waals surface area contributed by atoms with Gasteiger partial charge in [0.2, 0.25) is 0 Å². The van der Waals surface area contributed by atoms with Crippen LogP contribution in [0, 0.1) is 0 Å². The molecule has 2 N–H and O–H groups in total. The van der Waals surface area contributed by atoms with Crippen LogP contribution in [0.25, 0.3) is 11.0 Å². The maximum Gasteiger partial charge on any atom is 0.109 e. The van der Waals surface area contributed by atoms with Gasteiger partial charge in [-0.3, -0.25) is 0 Å². The van der Waals surface area contributed by atoms with Gasteiger partial charge in [-0.05, 0) is 37.5 Å². The number of ether oxygens (including phenoxy) is 1. The number of hydrogen-bond donors (Lipinski definition) is 1. The van der Waals surface area contributed by atoms with Crippen molar-refractivity contribution in [3.05, 3.63) is 24.0 Å². The summed E-state index contributed by atoms with van der Waals surface area (Å²) in [6.45, 7) is 2.16. The van der Waals surface area contributed by atoms with Gasteiger partial charge in [0.25, 0.3) is 0 Å². The first-order chi connectivity index (χ1) is 9.22. The van der Waals surface area contributed by atoms with Crippen LogP contribution in [0.15, 0.2) is 18.2 Å². The Hall–Kier alpha value is -1.55. The molecule has 0 radical (unpaired) electrons. The Labute approximate surface area is 113 Å². The molecule has 1 aliphatic carbocycles. The molecule has 1 aliphatic rings. The molecule has 3 rings (SSSR count). The molecule has 2 aromatic rings. The average Bonchev–Trinajstić information content (AvgIpc) is 3.00. The number of nitrogens with two attached hydrogens (primary N) is 1. The number of methoxy groups -OCH3 is 1. The molecule has 0 aliphatic heterocycles. The summed E-state index contributed by atoms with van der Waals surface area (Å²) in [6, 6.07) is 6.53. The molecule has 19 heavy (non-hydrogen) atoms. The van der Waals surface area contributed by atoms with E-state index in [1.54, 1.807) is 7.11 Å². The molecule has 1 aromatic carbocycles. The monoisotopic (exact) mass is 259 g/mol. The lowest BCUT2D eigenvalue weighted by molar-refractivity contribution is 0.106. The fourth-order valence-corrected chi connectivity index (χ4v) is 3.19. The summed E-state index contributed by atoms with van der Waals surface area (Å²) < 4.78 is 7.89. The third-order valence-electron chi connectivity index (χ3n) is 4.16. The Morgan fingerprint density at radius 1 is 1.42 bits per heavy atom. The van der Waals surface area contributed by atoms with E-state index in [1.807, 2.05) is 12.1 Å². The van der Waals surface area contributed by atoms with Gasteiger partial charge in [0.15, 0.2) is 0 Å². The number of nitrogen functional groups attached to an aromatic ring is 1. The Bertz CT molecular complexity index is 590. The highest BCUT2D eigenvalue weighted by atomic mass is 16.5. The van der Waals surface area contributed by atoms with Gasteiger partial charge < -0.3 is 15.0 Å². The highest BCUT2D eigenvalue weighted by molar-refractivity contribution is 5.79. The maximum atomic E-state index is 5.85. The second-order valence-electron chi connectivity index (χ2n) is 5.32. The van der Waals surface area contributed by atoms with Crippen molar-refractivity contribution in [3.63, 3.8) is 0 Å². The number of aromatic nitrogens is 2.